The van der Waals surface area contributed by atoms with Crippen LogP contribution in [-0.4, -0.2) is 37.0 Å². The molecule has 0 unspecified atom stereocenters. The molecule has 0 bridgehead atoms. The molecule has 0 amide bonds. The van der Waals surface area contributed by atoms with Crippen LogP contribution in [0.25, 0.3) is 0 Å². The van der Waals surface area contributed by atoms with Gasteiger partial charge in [0.15, 0.2) is 0 Å². The second kappa shape index (κ2) is 24.8. The fraction of sp³-hybridized carbons (Fsp3) is 1.00. The third-order valence-corrected chi connectivity index (χ3v) is 6.70. The summed E-state index contributed by atoms with van der Waals surface area (Å²) in [7, 11) is 2.49. The molecule has 1 nitrogen and oxygen atoms in total. The summed E-state index contributed by atoms with van der Waals surface area (Å²) in [5.74, 6) is 0.823. The molecule has 0 saturated carbocycles. The number of halogens is 2. The van der Waals surface area contributed by atoms with Crippen LogP contribution in [0.1, 0.15) is 136 Å². The van der Waals surface area contributed by atoms with Crippen molar-refractivity contribution in [2.45, 2.75) is 136 Å². The molecule has 0 aliphatic rings. The Kier molecular flexibility index (Phi) is 27.1. The molecule has 0 aromatic heterocycles. The zero-order valence-electron chi connectivity index (χ0n) is 20.5. The smallest absolute Gasteiger partial charge is 0.0796 e. The Labute approximate surface area is 196 Å². The van der Waals surface area contributed by atoms with Crippen LogP contribution in [0.15, 0.2) is 0 Å². The highest BCUT2D eigenvalue weighted by Crippen LogP contribution is 2.16. The van der Waals surface area contributed by atoms with Gasteiger partial charge in [-0.25, -0.2) is 0 Å². The van der Waals surface area contributed by atoms with Crippen molar-refractivity contribution >= 4 is 11.6 Å². The molecule has 0 fully saturated rings. The molecule has 0 aromatic carbocycles. The molecule has 0 aromatic rings. The minimum Gasteiger partial charge on any atom is -1.00 e. The fourth-order valence-corrected chi connectivity index (χ4v) is 4.50. The average Bonchev–Trinajstić information content (AvgIpc) is 2.70. The van der Waals surface area contributed by atoms with Crippen molar-refractivity contribution in [3.05, 3.63) is 0 Å². The predicted octanol–water partition coefficient (Wildman–Crippen LogP) is 6.13. The number of rotatable bonds is 23. The Hall–Kier alpha value is 0.540. The molecular formula is C26H55Cl2N. The molecule has 0 aliphatic heterocycles. The SMILES string of the molecule is CCCCCCCCCCC[N+](C)(CCCCl)CCCCCCCCCCC.[Cl-]. The van der Waals surface area contributed by atoms with Crippen molar-refractivity contribution in [3.63, 3.8) is 0 Å². The number of hydrogen-bond donors (Lipinski definition) is 0. The summed E-state index contributed by atoms with van der Waals surface area (Å²) in [6.45, 7) is 8.60. The van der Waals surface area contributed by atoms with Crippen molar-refractivity contribution in [3.8, 4) is 0 Å². The number of nitrogens with zero attached hydrogens (tertiary/aromatic N) is 1. The van der Waals surface area contributed by atoms with Crippen LogP contribution in [0.3, 0.4) is 0 Å². The molecule has 3 heteroatoms. The lowest BCUT2D eigenvalue weighted by molar-refractivity contribution is -0.910. The first-order chi connectivity index (χ1) is 13.7. The van der Waals surface area contributed by atoms with E-state index in [0.29, 0.717) is 0 Å². The van der Waals surface area contributed by atoms with Gasteiger partial charge in [-0.15, -0.1) is 11.6 Å². The summed E-state index contributed by atoms with van der Waals surface area (Å²) in [6, 6.07) is 0. The van der Waals surface area contributed by atoms with E-state index in [9.17, 15) is 0 Å². The normalized spacial score (nSPS) is 11.6. The fourth-order valence-electron chi connectivity index (χ4n) is 4.39. The summed E-state index contributed by atoms with van der Waals surface area (Å²) >= 11 is 6.01. The maximum atomic E-state index is 6.01. The van der Waals surface area contributed by atoms with E-state index in [2.05, 4.69) is 20.9 Å². The van der Waals surface area contributed by atoms with Crippen molar-refractivity contribution in [1.29, 1.82) is 0 Å². The van der Waals surface area contributed by atoms with Gasteiger partial charge >= 0.3 is 0 Å². The molecule has 0 rings (SSSR count). The van der Waals surface area contributed by atoms with Crippen molar-refractivity contribution in [2.75, 3.05) is 32.6 Å². The van der Waals surface area contributed by atoms with Gasteiger partial charge in [-0.1, -0.05) is 104 Å². The van der Waals surface area contributed by atoms with Gasteiger partial charge in [0.05, 0.1) is 26.7 Å². The van der Waals surface area contributed by atoms with Gasteiger partial charge in [-0.2, -0.15) is 0 Å². The summed E-state index contributed by atoms with van der Waals surface area (Å²) in [5.41, 5.74) is 0. The molecule has 0 N–H and O–H groups in total. The van der Waals surface area contributed by atoms with Gasteiger partial charge in [-0.05, 0) is 25.7 Å². The van der Waals surface area contributed by atoms with Crippen LogP contribution < -0.4 is 12.4 Å². The first-order valence-corrected chi connectivity index (χ1v) is 13.6. The highest BCUT2D eigenvalue weighted by Gasteiger charge is 2.19. The van der Waals surface area contributed by atoms with Crippen LogP contribution >= 0.6 is 11.6 Å². The minimum absolute atomic E-state index is 0. The Balaban J connectivity index is 0. The third-order valence-electron chi connectivity index (χ3n) is 6.43. The Morgan fingerprint density at radius 3 is 1.03 bits per heavy atom. The summed E-state index contributed by atoms with van der Waals surface area (Å²) in [4.78, 5) is 0. The van der Waals surface area contributed by atoms with Gasteiger partial charge in [0, 0.05) is 12.3 Å². The van der Waals surface area contributed by atoms with E-state index in [0.717, 1.165) is 5.88 Å². The number of alkyl halides is 1. The molecule has 178 valence electrons. The van der Waals surface area contributed by atoms with Gasteiger partial charge in [0.1, 0.15) is 0 Å². The first kappa shape index (κ1) is 31.7. The standard InChI is InChI=1S/C26H55ClN.ClH/c1-4-6-8-10-12-14-16-18-20-24-28(3,26-22-23-27)25-21-19-17-15-13-11-9-7-5-2;/h4-26H2,1-3H3;1H/q+1;/p-1. The Morgan fingerprint density at radius 1 is 0.448 bits per heavy atom. The number of unbranched alkanes of at least 4 members (excludes halogenated alkanes) is 16. The van der Waals surface area contributed by atoms with E-state index in [1.165, 1.54) is 146 Å². The molecule has 0 aliphatic carbocycles. The van der Waals surface area contributed by atoms with Gasteiger partial charge < -0.3 is 16.9 Å². The molecule has 0 spiro atoms. The van der Waals surface area contributed by atoms with Crippen LogP contribution in [-0.2, 0) is 0 Å². The lowest BCUT2D eigenvalue weighted by Gasteiger charge is -2.35. The molecule has 0 saturated heterocycles. The third kappa shape index (κ3) is 23.0. The predicted molar refractivity (Wildman–Crippen MR) is 131 cm³/mol. The van der Waals surface area contributed by atoms with E-state index in [4.69, 9.17) is 11.6 Å². The molecule has 0 atom stereocenters. The maximum absolute atomic E-state index is 6.01. The molecule has 0 radical (unpaired) electrons. The van der Waals surface area contributed by atoms with Gasteiger partial charge in [-0.3, -0.25) is 0 Å². The minimum atomic E-state index is 0. The number of hydrogen-bond acceptors (Lipinski definition) is 0. The van der Waals surface area contributed by atoms with E-state index < -0.39 is 0 Å². The van der Waals surface area contributed by atoms with Crippen molar-refractivity contribution < 1.29 is 16.9 Å². The topological polar surface area (TPSA) is 0 Å². The van der Waals surface area contributed by atoms with Crippen LogP contribution in [0, 0.1) is 0 Å². The van der Waals surface area contributed by atoms with Gasteiger partial charge in [0.25, 0.3) is 0 Å². The molecule has 0 heterocycles. The lowest BCUT2D eigenvalue weighted by atomic mass is 10.1. The monoisotopic (exact) mass is 451 g/mol. The largest absolute Gasteiger partial charge is 1.00 e. The summed E-state index contributed by atoms with van der Waals surface area (Å²) < 4.78 is 1.26. The zero-order chi connectivity index (χ0) is 20.8. The van der Waals surface area contributed by atoms with Crippen molar-refractivity contribution in [1.82, 2.24) is 0 Å². The molecule has 29 heavy (non-hydrogen) atoms. The van der Waals surface area contributed by atoms with Crippen LogP contribution in [0.4, 0.5) is 0 Å². The highest BCUT2D eigenvalue weighted by atomic mass is 35.5. The lowest BCUT2D eigenvalue weighted by Crippen LogP contribution is -3.00. The Morgan fingerprint density at radius 2 is 0.724 bits per heavy atom. The zero-order valence-corrected chi connectivity index (χ0v) is 22.0. The first-order valence-electron chi connectivity index (χ1n) is 13.1. The maximum Gasteiger partial charge on any atom is 0.0796 e. The van der Waals surface area contributed by atoms with Crippen LogP contribution in [0.2, 0.25) is 0 Å². The average molecular weight is 453 g/mol. The summed E-state index contributed by atoms with van der Waals surface area (Å²) in [5, 5.41) is 0. The summed E-state index contributed by atoms with van der Waals surface area (Å²) in [6.07, 6.45) is 26.9. The van der Waals surface area contributed by atoms with E-state index in [-0.39, 0.29) is 12.4 Å². The van der Waals surface area contributed by atoms with Crippen molar-refractivity contribution in [2.24, 2.45) is 0 Å². The molecular weight excluding hydrogens is 397 g/mol. The van der Waals surface area contributed by atoms with Gasteiger partial charge in [0.2, 0.25) is 0 Å². The van der Waals surface area contributed by atoms with E-state index in [1.54, 1.807) is 0 Å². The Bertz CT molecular complexity index is 274. The quantitative estimate of drug-likeness (QED) is 0.0994. The highest BCUT2D eigenvalue weighted by molar-refractivity contribution is 6.17. The second-order valence-electron chi connectivity index (χ2n) is 9.49. The van der Waals surface area contributed by atoms with Crippen LogP contribution in [0.5, 0.6) is 0 Å². The number of quaternary nitrogens is 1. The van der Waals surface area contributed by atoms with E-state index in [1.807, 2.05) is 0 Å². The second-order valence-corrected chi connectivity index (χ2v) is 9.87. The van der Waals surface area contributed by atoms with E-state index >= 15 is 0 Å².